The number of fused-ring (bicyclic) bond motifs is 3. The topological polar surface area (TPSA) is 47.0 Å². The molecule has 0 spiro atoms. The molecule has 1 aromatic rings. The summed E-state index contributed by atoms with van der Waals surface area (Å²) in [5.41, 5.74) is 2.60. The van der Waals surface area contributed by atoms with E-state index in [0.29, 0.717) is 24.2 Å². The standard InChI is InChI=1S/C16H23N3O/c1-2-17-13-4-3-5-14-12(13)9-18-16(19-14)11-8-10-6-7-15(11)20-10/h9-11,13,15,17H,2-8H2,1H3. The molecule has 4 unspecified atom stereocenters. The maximum atomic E-state index is 5.95. The summed E-state index contributed by atoms with van der Waals surface area (Å²) >= 11 is 0. The van der Waals surface area contributed by atoms with E-state index in [4.69, 9.17) is 14.7 Å². The van der Waals surface area contributed by atoms with Gasteiger partial charge < -0.3 is 10.1 Å². The largest absolute Gasteiger partial charge is 0.374 e. The number of hydrogen-bond donors (Lipinski definition) is 1. The Balaban J connectivity index is 1.61. The van der Waals surface area contributed by atoms with Crippen LogP contribution in [-0.2, 0) is 11.2 Å². The third kappa shape index (κ3) is 2.06. The van der Waals surface area contributed by atoms with Crippen molar-refractivity contribution in [1.82, 2.24) is 15.3 Å². The molecule has 4 rings (SSSR count). The number of nitrogens with zero attached hydrogens (tertiary/aromatic N) is 2. The number of rotatable bonds is 3. The monoisotopic (exact) mass is 273 g/mol. The van der Waals surface area contributed by atoms with Gasteiger partial charge >= 0.3 is 0 Å². The van der Waals surface area contributed by atoms with Gasteiger partial charge in [0.2, 0.25) is 0 Å². The van der Waals surface area contributed by atoms with Crippen molar-refractivity contribution < 1.29 is 4.74 Å². The van der Waals surface area contributed by atoms with Crippen LogP contribution < -0.4 is 5.32 Å². The van der Waals surface area contributed by atoms with Gasteiger partial charge in [-0.25, -0.2) is 9.97 Å². The predicted octanol–water partition coefficient (Wildman–Crippen LogP) is 2.50. The molecule has 0 radical (unpaired) electrons. The SMILES string of the molecule is CCNC1CCCc2nc(C3CC4CCC3O4)ncc21. The Bertz CT molecular complexity index is 504. The Morgan fingerprint density at radius 3 is 3.05 bits per heavy atom. The maximum absolute atomic E-state index is 5.95. The average molecular weight is 273 g/mol. The molecular formula is C16H23N3O. The van der Waals surface area contributed by atoms with E-state index < -0.39 is 0 Å². The Labute approximate surface area is 120 Å². The van der Waals surface area contributed by atoms with Crippen LogP contribution in [0.4, 0.5) is 0 Å². The van der Waals surface area contributed by atoms with E-state index in [1.165, 1.54) is 36.9 Å². The van der Waals surface area contributed by atoms with Crippen LogP contribution >= 0.6 is 0 Å². The Kier molecular flexibility index (Phi) is 3.23. The lowest BCUT2D eigenvalue weighted by Gasteiger charge is -2.26. The molecule has 4 atom stereocenters. The van der Waals surface area contributed by atoms with Gasteiger partial charge in [-0.15, -0.1) is 0 Å². The van der Waals surface area contributed by atoms with Crippen LogP contribution in [-0.4, -0.2) is 28.7 Å². The smallest absolute Gasteiger partial charge is 0.134 e. The summed E-state index contributed by atoms with van der Waals surface area (Å²) in [4.78, 5) is 9.61. The van der Waals surface area contributed by atoms with Gasteiger partial charge in [0.25, 0.3) is 0 Å². The molecule has 3 aliphatic rings. The summed E-state index contributed by atoms with van der Waals surface area (Å²) in [5.74, 6) is 1.48. The van der Waals surface area contributed by atoms with Crippen LogP contribution in [0.5, 0.6) is 0 Å². The van der Waals surface area contributed by atoms with Crippen molar-refractivity contribution in [3.05, 3.63) is 23.3 Å². The molecule has 1 N–H and O–H groups in total. The quantitative estimate of drug-likeness (QED) is 0.919. The minimum Gasteiger partial charge on any atom is -0.374 e. The van der Waals surface area contributed by atoms with Gasteiger partial charge in [0.1, 0.15) is 5.82 Å². The molecular weight excluding hydrogens is 250 g/mol. The molecule has 4 heteroatoms. The molecule has 2 fully saturated rings. The first-order valence-electron chi connectivity index (χ1n) is 8.09. The van der Waals surface area contributed by atoms with E-state index in [0.717, 1.165) is 25.2 Å². The lowest BCUT2D eigenvalue weighted by Crippen LogP contribution is -2.27. The van der Waals surface area contributed by atoms with Crippen molar-refractivity contribution in [2.24, 2.45) is 0 Å². The van der Waals surface area contributed by atoms with Crippen molar-refractivity contribution in [1.29, 1.82) is 0 Å². The molecule has 0 aromatic carbocycles. The van der Waals surface area contributed by atoms with Crippen LogP contribution in [0.2, 0.25) is 0 Å². The van der Waals surface area contributed by atoms with E-state index in [-0.39, 0.29) is 0 Å². The van der Waals surface area contributed by atoms with Crippen LogP contribution in [0.25, 0.3) is 0 Å². The van der Waals surface area contributed by atoms with Crippen molar-refractivity contribution in [3.8, 4) is 0 Å². The van der Waals surface area contributed by atoms with Crippen molar-refractivity contribution >= 4 is 0 Å². The summed E-state index contributed by atoms with van der Waals surface area (Å²) < 4.78 is 5.95. The Morgan fingerprint density at radius 1 is 1.35 bits per heavy atom. The van der Waals surface area contributed by atoms with Gasteiger partial charge in [0, 0.05) is 29.4 Å². The molecule has 2 saturated heterocycles. The highest BCUT2D eigenvalue weighted by molar-refractivity contribution is 5.26. The van der Waals surface area contributed by atoms with Crippen LogP contribution in [0.1, 0.15) is 68.1 Å². The number of aromatic nitrogens is 2. The Morgan fingerprint density at radius 2 is 2.30 bits per heavy atom. The lowest BCUT2D eigenvalue weighted by molar-refractivity contribution is 0.0998. The third-order valence-corrected chi connectivity index (χ3v) is 5.09. The lowest BCUT2D eigenvalue weighted by atomic mass is 9.87. The Hall–Kier alpha value is -1.00. The van der Waals surface area contributed by atoms with Gasteiger partial charge in [-0.1, -0.05) is 6.92 Å². The normalized spacial score (nSPS) is 35.2. The van der Waals surface area contributed by atoms with E-state index in [2.05, 4.69) is 18.4 Å². The first-order chi connectivity index (χ1) is 9.85. The third-order valence-electron chi connectivity index (χ3n) is 5.09. The molecule has 108 valence electrons. The number of nitrogens with one attached hydrogen (secondary N) is 1. The zero-order chi connectivity index (χ0) is 13.5. The van der Waals surface area contributed by atoms with Crippen LogP contribution in [0.15, 0.2) is 6.20 Å². The summed E-state index contributed by atoms with van der Waals surface area (Å²) in [6, 6.07) is 0.453. The van der Waals surface area contributed by atoms with E-state index in [1.54, 1.807) is 0 Å². The van der Waals surface area contributed by atoms with Crippen molar-refractivity contribution in [2.75, 3.05) is 6.54 Å². The highest BCUT2D eigenvalue weighted by Gasteiger charge is 2.43. The zero-order valence-corrected chi connectivity index (χ0v) is 12.1. The van der Waals surface area contributed by atoms with Crippen LogP contribution in [0, 0.1) is 0 Å². The zero-order valence-electron chi connectivity index (χ0n) is 12.1. The molecule has 0 saturated carbocycles. The molecule has 1 aromatic heterocycles. The maximum Gasteiger partial charge on any atom is 0.134 e. The van der Waals surface area contributed by atoms with Gasteiger partial charge in [0.05, 0.1) is 12.2 Å². The first kappa shape index (κ1) is 12.7. The van der Waals surface area contributed by atoms with Gasteiger partial charge in [-0.2, -0.15) is 0 Å². The second-order valence-corrected chi connectivity index (χ2v) is 6.35. The molecule has 2 bridgehead atoms. The van der Waals surface area contributed by atoms with Gasteiger partial charge in [-0.05, 0) is 45.1 Å². The summed E-state index contributed by atoms with van der Waals surface area (Å²) in [7, 11) is 0. The fourth-order valence-electron chi connectivity index (χ4n) is 4.11. The van der Waals surface area contributed by atoms with E-state index in [9.17, 15) is 0 Å². The fraction of sp³-hybridized carbons (Fsp3) is 0.750. The molecule has 0 amide bonds. The van der Waals surface area contributed by atoms with E-state index >= 15 is 0 Å². The summed E-state index contributed by atoms with van der Waals surface area (Å²) in [5, 5.41) is 3.55. The van der Waals surface area contributed by atoms with E-state index in [1.807, 2.05) is 0 Å². The average Bonchev–Trinajstić information content (AvgIpc) is 3.10. The highest BCUT2D eigenvalue weighted by atomic mass is 16.5. The molecule has 1 aliphatic carbocycles. The first-order valence-corrected chi connectivity index (χ1v) is 8.09. The molecule has 20 heavy (non-hydrogen) atoms. The minimum absolute atomic E-state index is 0.381. The van der Waals surface area contributed by atoms with Crippen molar-refractivity contribution in [3.63, 3.8) is 0 Å². The highest BCUT2D eigenvalue weighted by Crippen LogP contribution is 2.43. The van der Waals surface area contributed by atoms with Gasteiger partial charge in [-0.3, -0.25) is 0 Å². The summed E-state index contributed by atoms with van der Waals surface area (Å²) in [6.45, 7) is 3.17. The number of aryl methyl sites for hydroxylation is 1. The number of hydrogen-bond acceptors (Lipinski definition) is 4. The minimum atomic E-state index is 0.381. The number of ether oxygens (including phenoxy) is 1. The van der Waals surface area contributed by atoms with Gasteiger partial charge in [0.15, 0.2) is 0 Å². The molecule has 2 aliphatic heterocycles. The van der Waals surface area contributed by atoms with Crippen molar-refractivity contribution in [2.45, 2.75) is 69.6 Å². The van der Waals surface area contributed by atoms with Crippen LogP contribution in [0.3, 0.4) is 0 Å². The molecule has 3 heterocycles. The molecule has 4 nitrogen and oxygen atoms in total. The second-order valence-electron chi connectivity index (χ2n) is 6.35. The second kappa shape index (κ2) is 5.08. The predicted molar refractivity (Wildman–Crippen MR) is 76.6 cm³/mol. The summed E-state index contributed by atoms with van der Waals surface area (Å²) in [6.07, 6.45) is 10.0. The fourth-order valence-corrected chi connectivity index (χ4v) is 4.11.